The highest BCUT2D eigenvalue weighted by Crippen LogP contribution is 2.17. The van der Waals surface area contributed by atoms with E-state index in [1.807, 2.05) is 0 Å². The molecule has 0 aromatic carbocycles. The lowest BCUT2D eigenvalue weighted by atomic mass is 10.1. The van der Waals surface area contributed by atoms with E-state index in [2.05, 4.69) is 56.6 Å². The van der Waals surface area contributed by atoms with Crippen molar-refractivity contribution in [3.8, 4) is 0 Å². The first-order valence-electron chi connectivity index (χ1n) is 25.0. The van der Waals surface area contributed by atoms with Gasteiger partial charge in [-0.25, -0.2) is 4.79 Å². The minimum atomic E-state index is -0.704. The van der Waals surface area contributed by atoms with Crippen molar-refractivity contribution < 1.29 is 38.0 Å². The van der Waals surface area contributed by atoms with Gasteiger partial charge in [0.25, 0.3) is 0 Å². The first kappa shape index (κ1) is 55.7. The average Bonchev–Trinajstić information content (AvgIpc) is 3.78. The molecule has 0 amide bonds. The molecule has 0 bridgehead atoms. The number of esters is 1. The van der Waals surface area contributed by atoms with Gasteiger partial charge in [0.2, 0.25) is 0 Å². The van der Waals surface area contributed by atoms with Crippen LogP contribution >= 0.6 is 0 Å². The molecule has 9 nitrogen and oxygen atoms in total. The SMILES string of the molecule is C=C(CCC(OCCCCCCCC)OCCCCCCCC)OCC(COC(=O)CCCCCCC/C=C\C/C=C\CCCCC)COC(=O)OCCCN1CCCC1. The van der Waals surface area contributed by atoms with E-state index >= 15 is 0 Å². The fraction of sp³-hybridized carbons (Fsp3) is 0.843. The third-order valence-corrected chi connectivity index (χ3v) is 11.1. The summed E-state index contributed by atoms with van der Waals surface area (Å²) in [6.07, 6.45) is 40.0. The fourth-order valence-electron chi connectivity index (χ4n) is 7.18. The van der Waals surface area contributed by atoms with Crippen molar-refractivity contribution >= 4 is 12.1 Å². The zero-order valence-electron chi connectivity index (χ0n) is 39.3. The monoisotopic (exact) mass is 848 g/mol. The Labute approximate surface area is 369 Å². The molecule has 1 unspecified atom stereocenters. The lowest BCUT2D eigenvalue weighted by molar-refractivity contribution is -0.148. The van der Waals surface area contributed by atoms with E-state index in [0.717, 1.165) is 71.0 Å². The molecule has 0 aliphatic carbocycles. The smallest absolute Gasteiger partial charge is 0.498 e. The number of rotatable bonds is 44. The van der Waals surface area contributed by atoms with Crippen LogP contribution in [0.5, 0.6) is 0 Å². The summed E-state index contributed by atoms with van der Waals surface area (Å²) in [5.74, 6) is 0.0234. The molecule has 350 valence electrons. The minimum absolute atomic E-state index is 0.0283. The summed E-state index contributed by atoms with van der Waals surface area (Å²) < 4.78 is 35.0. The molecule has 0 radical (unpaired) electrons. The van der Waals surface area contributed by atoms with Crippen LogP contribution in [0.2, 0.25) is 0 Å². The van der Waals surface area contributed by atoms with E-state index in [9.17, 15) is 9.59 Å². The summed E-state index contributed by atoms with van der Waals surface area (Å²) in [7, 11) is 0. The van der Waals surface area contributed by atoms with Crippen molar-refractivity contribution in [2.75, 3.05) is 59.3 Å². The normalized spacial score (nSPS) is 13.8. The molecule has 60 heavy (non-hydrogen) atoms. The molecule has 1 saturated heterocycles. The molecule has 1 atom stereocenters. The molecular weight excluding hydrogens is 755 g/mol. The van der Waals surface area contributed by atoms with Gasteiger partial charge in [-0.3, -0.25) is 4.79 Å². The quantitative estimate of drug-likeness (QED) is 0.0195. The molecule has 0 N–H and O–H groups in total. The van der Waals surface area contributed by atoms with E-state index in [4.69, 9.17) is 28.4 Å². The second-order valence-electron chi connectivity index (χ2n) is 16.9. The molecular formula is C51H93NO8. The third-order valence-electron chi connectivity index (χ3n) is 11.1. The highest BCUT2D eigenvalue weighted by Gasteiger charge is 2.19. The van der Waals surface area contributed by atoms with Crippen molar-refractivity contribution in [3.05, 3.63) is 36.6 Å². The van der Waals surface area contributed by atoms with Crippen molar-refractivity contribution in [2.24, 2.45) is 5.92 Å². The Morgan fingerprint density at radius 1 is 0.550 bits per heavy atom. The van der Waals surface area contributed by atoms with Crippen LogP contribution in [0.1, 0.15) is 207 Å². The van der Waals surface area contributed by atoms with E-state index in [0.29, 0.717) is 44.8 Å². The van der Waals surface area contributed by atoms with Crippen LogP contribution in [-0.4, -0.2) is 82.6 Å². The Balaban J connectivity index is 2.49. The maximum atomic E-state index is 12.7. The van der Waals surface area contributed by atoms with Crippen LogP contribution in [0.3, 0.4) is 0 Å². The van der Waals surface area contributed by atoms with Gasteiger partial charge in [-0.05, 0) is 83.7 Å². The number of carbonyl (C=O) groups excluding carboxylic acids is 2. The van der Waals surface area contributed by atoms with Gasteiger partial charge in [-0.2, -0.15) is 0 Å². The maximum absolute atomic E-state index is 12.7. The number of hydrogen-bond acceptors (Lipinski definition) is 9. The highest BCUT2D eigenvalue weighted by atomic mass is 16.7. The van der Waals surface area contributed by atoms with Gasteiger partial charge in [0.1, 0.15) is 13.2 Å². The molecule has 0 spiro atoms. The Morgan fingerprint density at radius 3 is 1.70 bits per heavy atom. The second kappa shape index (κ2) is 43.3. The van der Waals surface area contributed by atoms with Crippen molar-refractivity contribution in [1.29, 1.82) is 0 Å². The molecule has 1 heterocycles. The van der Waals surface area contributed by atoms with Gasteiger partial charge < -0.3 is 33.3 Å². The predicted octanol–water partition coefficient (Wildman–Crippen LogP) is 14.0. The summed E-state index contributed by atoms with van der Waals surface area (Å²) in [4.78, 5) is 27.6. The van der Waals surface area contributed by atoms with Crippen LogP contribution in [0, 0.1) is 5.92 Å². The van der Waals surface area contributed by atoms with Crippen LogP contribution < -0.4 is 0 Å². The maximum Gasteiger partial charge on any atom is 0.508 e. The summed E-state index contributed by atoms with van der Waals surface area (Å²) in [6.45, 7) is 16.1. The topological polar surface area (TPSA) is 92.8 Å². The molecule has 1 rings (SSSR count). The van der Waals surface area contributed by atoms with Gasteiger partial charge in [-0.15, -0.1) is 0 Å². The zero-order valence-corrected chi connectivity index (χ0v) is 39.3. The minimum Gasteiger partial charge on any atom is -0.498 e. The average molecular weight is 848 g/mol. The summed E-state index contributed by atoms with van der Waals surface area (Å²) >= 11 is 0. The molecule has 0 aromatic rings. The van der Waals surface area contributed by atoms with E-state index in [1.54, 1.807) is 0 Å². The fourth-order valence-corrected chi connectivity index (χ4v) is 7.18. The molecule has 0 aromatic heterocycles. The number of hydrogen-bond donors (Lipinski definition) is 0. The molecule has 0 saturated carbocycles. The number of nitrogens with zero attached hydrogens (tertiary/aromatic N) is 1. The zero-order chi connectivity index (χ0) is 43.4. The second-order valence-corrected chi connectivity index (χ2v) is 16.9. The Bertz CT molecular complexity index is 1020. The van der Waals surface area contributed by atoms with E-state index < -0.39 is 6.16 Å². The predicted molar refractivity (Wildman–Crippen MR) is 248 cm³/mol. The van der Waals surface area contributed by atoms with Crippen LogP contribution in [0.4, 0.5) is 4.79 Å². The largest absolute Gasteiger partial charge is 0.508 e. The molecule has 1 fully saturated rings. The highest BCUT2D eigenvalue weighted by molar-refractivity contribution is 5.69. The third kappa shape index (κ3) is 37.4. The lowest BCUT2D eigenvalue weighted by Gasteiger charge is -2.21. The Kier molecular flexibility index (Phi) is 40.2. The van der Waals surface area contributed by atoms with Crippen molar-refractivity contribution in [3.63, 3.8) is 0 Å². The van der Waals surface area contributed by atoms with Gasteiger partial charge in [0.15, 0.2) is 6.29 Å². The first-order chi connectivity index (χ1) is 29.5. The Morgan fingerprint density at radius 2 is 1.07 bits per heavy atom. The molecule has 1 aliphatic rings. The first-order valence-corrected chi connectivity index (χ1v) is 25.0. The van der Waals surface area contributed by atoms with Gasteiger partial charge in [0, 0.05) is 39.0 Å². The van der Waals surface area contributed by atoms with Gasteiger partial charge in [0.05, 0.1) is 24.9 Å². The number of likely N-dealkylation sites (tertiary alicyclic amines) is 1. The summed E-state index contributed by atoms with van der Waals surface area (Å²) in [5, 5.41) is 0. The van der Waals surface area contributed by atoms with Crippen LogP contribution in [0.25, 0.3) is 0 Å². The number of carbonyl (C=O) groups is 2. The van der Waals surface area contributed by atoms with E-state index in [1.165, 1.54) is 116 Å². The Hall–Kier alpha value is -2.36. The summed E-state index contributed by atoms with van der Waals surface area (Å²) in [6, 6.07) is 0. The number of allylic oxidation sites excluding steroid dienone is 5. The van der Waals surface area contributed by atoms with Gasteiger partial charge in [-0.1, -0.05) is 148 Å². The van der Waals surface area contributed by atoms with Crippen molar-refractivity contribution in [1.82, 2.24) is 4.90 Å². The number of ether oxygens (including phenoxy) is 6. The molecule has 1 aliphatic heterocycles. The lowest BCUT2D eigenvalue weighted by Crippen LogP contribution is -2.26. The van der Waals surface area contributed by atoms with Crippen LogP contribution in [-0.2, 0) is 33.2 Å². The van der Waals surface area contributed by atoms with Crippen molar-refractivity contribution in [2.45, 2.75) is 213 Å². The van der Waals surface area contributed by atoms with Gasteiger partial charge >= 0.3 is 12.1 Å². The van der Waals surface area contributed by atoms with E-state index in [-0.39, 0.29) is 38.0 Å². The molecule has 9 heteroatoms. The summed E-state index contributed by atoms with van der Waals surface area (Å²) in [5.41, 5.74) is 0. The number of unbranched alkanes of at least 4 members (excludes halogenated alkanes) is 18. The standard InChI is InChI=1S/C51H93NO8/c1-5-8-11-14-17-18-19-20-21-22-23-24-25-26-29-35-49(53)59-45-48(46-60-51(54)57-43-34-40-52-38-30-31-39-52)44-58-47(4)36-37-50(55-41-32-27-15-12-9-6-2)56-42-33-28-16-13-10-7-3/h17-18,20-21,48,50H,4-16,19,22-46H2,1-3H3/b18-17-,21-20-. The van der Waals surface area contributed by atoms with Crippen LogP contribution in [0.15, 0.2) is 36.6 Å².